The topological polar surface area (TPSA) is 49.8 Å². The van der Waals surface area contributed by atoms with Crippen LogP contribution in [0.2, 0.25) is 5.02 Å². The molecule has 2 aliphatic heterocycles. The number of hydrogen-bond donors (Lipinski definition) is 1. The summed E-state index contributed by atoms with van der Waals surface area (Å²) in [5, 5.41) is 9.58. The molecule has 0 bridgehead atoms. The molecule has 0 radical (unpaired) electrons. The van der Waals surface area contributed by atoms with E-state index in [-0.39, 0.29) is 18.4 Å². The molecule has 108 valence electrons. The van der Waals surface area contributed by atoms with Crippen molar-refractivity contribution in [2.24, 2.45) is 5.92 Å². The molecule has 20 heavy (non-hydrogen) atoms. The van der Waals surface area contributed by atoms with Crippen molar-refractivity contribution in [3.63, 3.8) is 0 Å². The number of aliphatic carboxylic acids is 1. The number of likely N-dealkylation sites (tertiary alicyclic amines) is 1. The van der Waals surface area contributed by atoms with E-state index < -0.39 is 5.97 Å². The zero-order valence-electron chi connectivity index (χ0n) is 11.2. The van der Waals surface area contributed by atoms with E-state index in [4.69, 9.17) is 21.4 Å². The minimum Gasteiger partial charge on any atom is -0.488 e. The molecule has 0 amide bonds. The molecule has 1 saturated heterocycles. The molecular formula is C15H18ClNO3. The molecule has 1 aromatic carbocycles. The van der Waals surface area contributed by atoms with E-state index in [1.165, 1.54) is 5.56 Å². The van der Waals surface area contributed by atoms with Gasteiger partial charge in [-0.25, -0.2) is 0 Å². The van der Waals surface area contributed by atoms with Gasteiger partial charge >= 0.3 is 5.97 Å². The largest absolute Gasteiger partial charge is 0.488 e. The van der Waals surface area contributed by atoms with Gasteiger partial charge in [0.15, 0.2) is 0 Å². The van der Waals surface area contributed by atoms with Gasteiger partial charge in [0.25, 0.3) is 0 Å². The third kappa shape index (κ3) is 3.07. The van der Waals surface area contributed by atoms with E-state index in [1.54, 1.807) is 0 Å². The number of hydrogen-bond acceptors (Lipinski definition) is 3. The molecule has 0 aromatic heterocycles. The molecule has 2 unspecified atom stereocenters. The number of ether oxygens (including phenoxy) is 1. The Kier molecular flexibility index (Phi) is 3.85. The fourth-order valence-corrected chi connectivity index (χ4v) is 3.37. The molecule has 3 rings (SSSR count). The lowest BCUT2D eigenvalue weighted by atomic mass is 10.1. The van der Waals surface area contributed by atoms with Crippen molar-refractivity contribution in [1.82, 2.24) is 4.90 Å². The number of nitrogens with zero attached hydrogens (tertiary/aromatic N) is 1. The van der Waals surface area contributed by atoms with Crippen LogP contribution < -0.4 is 4.74 Å². The summed E-state index contributed by atoms with van der Waals surface area (Å²) in [6.07, 6.45) is 2.29. The third-order valence-electron chi connectivity index (χ3n) is 4.06. The predicted octanol–water partition coefficient (Wildman–Crippen LogP) is 2.44. The molecule has 0 aliphatic carbocycles. The number of carboxylic acid groups (broad SMARTS) is 1. The predicted molar refractivity (Wildman–Crippen MR) is 76.4 cm³/mol. The number of halogens is 1. The van der Waals surface area contributed by atoms with Crippen LogP contribution in [0.4, 0.5) is 0 Å². The van der Waals surface area contributed by atoms with E-state index in [0.29, 0.717) is 0 Å². The SMILES string of the molecule is O=C(O)CC1CCN(CC2Cc3cc(Cl)ccc3O2)C1. The summed E-state index contributed by atoms with van der Waals surface area (Å²) in [4.78, 5) is 13.0. The number of carbonyl (C=O) groups is 1. The molecular weight excluding hydrogens is 278 g/mol. The summed E-state index contributed by atoms with van der Waals surface area (Å²) in [7, 11) is 0. The Balaban J connectivity index is 1.53. The first kappa shape index (κ1) is 13.7. The molecule has 1 fully saturated rings. The Bertz CT molecular complexity index is 520. The summed E-state index contributed by atoms with van der Waals surface area (Å²) >= 11 is 5.99. The van der Waals surface area contributed by atoms with Gasteiger partial charge in [-0.2, -0.15) is 0 Å². The van der Waals surface area contributed by atoms with Crippen LogP contribution in [-0.4, -0.2) is 41.7 Å². The second-order valence-electron chi connectivity index (χ2n) is 5.71. The molecule has 2 aliphatic rings. The Hall–Kier alpha value is -1.26. The first-order valence-electron chi connectivity index (χ1n) is 6.99. The lowest BCUT2D eigenvalue weighted by Crippen LogP contribution is -2.33. The average Bonchev–Trinajstić information content (AvgIpc) is 2.95. The first-order valence-corrected chi connectivity index (χ1v) is 7.37. The highest BCUT2D eigenvalue weighted by molar-refractivity contribution is 6.30. The monoisotopic (exact) mass is 295 g/mol. The van der Waals surface area contributed by atoms with Gasteiger partial charge in [0.1, 0.15) is 11.9 Å². The van der Waals surface area contributed by atoms with Gasteiger partial charge in [0, 0.05) is 31.0 Å². The van der Waals surface area contributed by atoms with Gasteiger partial charge in [0.2, 0.25) is 0 Å². The molecule has 0 spiro atoms. The Morgan fingerprint density at radius 3 is 3.15 bits per heavy atom. The second-order valence-corrected chi connectivity index (χ2v) is 6.14. The normalized spacial score (nSPS) is 25.4. The Labute approximate surface area is 123 Å². The molecule has 4 nitrogen and oxygen atoms in total. The quantitative estimate of drug-likeness (QED) is 0.927. The maximum atomic E-state index is 10.7. The molecule has 2 heterocycles. The molecule has 1 N–H and O–H groups in total. The number of benzene rings is 1. The highest BCUT2D eigenvalue weighted by Crippen LogP contribution is 2.32. The van der Waals surface area contributed by atoms with Gasteiger partial charge in [-0.15, -0.1) is 0 Å². The maximum Gasteiger partial charge on any atom is 0.303 e. The van der Waals surface area contributed by atoms with E-state index >= 15 is 0 Å². The van der Waals surface area contributed by atoms with Gasteiger partial charge < -0.3 is 9.84 Å². The van der Waals surface area contributed by atoms with Crippen molar-refractivity contribution in [3.8, 4) is 5.75 Å². The standard InChI is InChI=1S/C15H18ClNO3/c16-12-1-2-14-11(6-12)7-13(20-14)9-17-4-3-10(8-17)5-15(18)19/h1-2,6,10,13H,3-5,7-9H2,(H,18,19). The molecule has 2 atom stereocenters. The first-order chi connectivity index (χ1) is 9.60. The Morgan fingerprint density at radius 1 is 1.50 bits per heavy atom. The number of carboxylic acids is 1. The third-order valence-corrected chi connectivity index (χ3v) is 4.29. The number of fused-ring (bicyclic) bond motifs is 1. The summed E-state index contributed by atoms with van der Waals surface area (Å²) < 4.78 is 5.92. The van der Waals surface area contributed by atoms with Crippen molar-refractivity contribution < 1.29 is 14.6 Å². The van der Waals surface area contributed by atoms with E-state index in [0.717, 1.165) is 43.2 Å². The fourth-order valence-electron chi connectivity index (χ4n) is 3.17. The minimum atomic E-state index is -0.698. The summed E-state index contributed by atoms with van der Waals surface area (Å²) in [6, 6.07) is 5.74. The van der Waals surface area contributed by atoms with Gasteiger partial charge in [0.05, 0.1) is 0 Å². The molecule has 0 saturated carbocycles. The van der Waals surface area contributed by atoms with Crippen LogP contribution in [-0.2, 0) is 11.2 Å². The van der Waals surface area contributed by atoms with Gasteiger partial charge in [-0.05, 0) is 42.6 Å². The fraction of sp³-hybridized carbons (Fsp3) is 0.533. The van der Waals surface area contributed by atoms with Crippen LogP contribution in [0, 0.1) is 5.92 Å². The van der Waals surface area contributed by atoms with Crippen LogP contribution in [0.25, 0.3) is 0 Å². The van der Waals surface area contributed by atoms with E-state index in [1.807, 2.05) is 18.2 Å². The van der Waals surface area contributed by atoms with E-state index in [9.17, 15) is 4.79 Å². The van der Waals surface area contributed by atoms with Crippen LogP contribution in [0.5, 0.6) is 5.75 Å². The summed E-state index contributed by atoms with van der Waals surface area (Å²) in [6.45, 7) is 2.70. The van der Waals surface area contributed by atoms with Gasteiger partial charge in [-0.3, -0.25) is 9.69 Å². The van der Waals surface area contributed by atoms with Crippen LogP contribution in [0.3, 0.4) is 0 Å². The zero-order chi connectivity index (χ0) is 14.1. The molecule has 5 heteroatoms. The van der Waals surface area contributed by atoms with Crippen LogP contribution in [0.1, 0.15) is 18.4 Å². The highest BCUT2D eigenvalue weighted by atomic mass is 35.5. The van der Waals surface area contributed by atoms with Crippen molar-refractivity contribution in [2.75, 3.05) is 19.6 Å². The average molecular weight is 296 g/mol. The van der Waals surface area contributed by atoms with Crippen molar-refractivity contribution in [3.05, 3.63) is 28.8 Å². The van der Waals surface area contributed by atoms with Crippen molar-refractivity contribution in [1.29, 1.82) is 0 Å². The second kappa shape index (κ2) is 5.62. The minimum absolute atomic E-state index is 0.159. The van der Waals surface area contributed by atoms with Crippen molar-refractivity contribution in [2.45, 2.75) is 25.4 Å². The smallest absolute Gasteiger partial charge is 0.303 e. The lowest BCUT2D eigenvalue weighted by molar-refractivity contribution is -0.138. The summed E-state index contributed by atoms with van der Waals surface area (Å²) in [5.41, 5.74) is 1.17. The van der Waals surface area contributed by atoms with Crippen LogP contribution in [0.15, 0.2) is 18.2 Å². The van der Waals surface area contributed by atoms with E-state index in [2.05, 4.69) is 4.90 Å². The maximum absolute atomic E-state index is 10.7. The Morgan fingerprint density at radius 2 is 2.35 bits per heavy atom. The highest BCUT2D eigenvalue weighted by Gasteiger charge is 2.29. The van der Waals surface area contributed by atoms with Crippen LogP contribution >= 0.6 is 11.6 Å². The zero-order valence-corrected chi connectivity index (χ0v) is 12.0. The molecule has 1 aromatic rings. The van der Waals surface area contributed by atoms with Crippen molar-refractivity contribution >= 4 is 17.6 Å². The summed E-state index contributed by atoms with van der Waals surface area (Å²) in [5.74, 6) is 0.516. The lowest BCUT2D eigenvalue weighted by Gasteiger charge is -2.20. The number of rotatable bonds is 4. The van der Waals surface area contributed by atoms with Gasteiger partial charge in [-0.1, -0.05) is 11.6 Å².